The Kier molecular flexibility index (Phi) is 8.52. The molecule has 0 bridgehead atoms. The number of benzene rings is 2. The molecule has 1 fully saturated rings. The van der Waals surface area contributed by atoms with E-state index in [4.69, 9.17) is 4.74 Å². The van der Waals surface area contributed by atoms with Crippen molar-refractivity contribution in [3.8, 4) is 0 Å². The summed E-state index contributed by atoms with van der Waals surface area (Å²) in [6.07, 6.45) is 2.38. The summed E-state index contributed by atoms with van der Waals surface area (Å²) in [5, 5.41) is 6.38. The summed E-state index contributed by atoms with van der Waals surface area (Å²) in [5.41, 5.74) is -0.0147. The number of sulfone groups is 1. The predicted octanol–water partition coefficient (Wildman–Crippen LogP) is 5.29. The lowest BCUT2D eigenvalue weighted by atomic mass is 9.88. The molecule has 0 spiro atoms. The van der Waals surface area contributed by atoms with E-state index in [-0.39, 0.29) is 34.8 Å². The van der Waals surface area contributed by atoms with Crippen molar-refractivity contribution in [3.63, 3.8) is 0 Å². The van der Waals surface area contributed by atoms with Crippen molar-refractivity contribution in [1.82, 2.24) is 4.90 Å². The number of rotatable bonds is 8. The lowest BCUT2D eigenvalue weighted by molar-refractivity contribution is -0.127. The summed E-state index contributed by atoms with van der Waals surface area (Å²) in [6, 6.07) is 9.17. The molecule has 0 radical (unpaired) electrons. The standard InChI is InChI=1S/C30H39FN4O5S/c1-7-16-41(38,39)23-13-11-21(12-14-23)32-22-10-9-15-34(19-22)30(6)24-17-20(31)18-25(26(24)33-27(30)36)35(8-2)28(37)40-29(3,4)5/h7,11-14,17-18,22,32H,1,8-10,15-16,19H2,2-6H3,(H,33,36)/t22-,30?/m1/s1. The molecule has 2 N–H and O–H groups in total. The van der Waals surface area contributed by atoms with Crippen LogP contribution in [0.4, 0.5) is 26.2 Å². The Labute approximate surface area is 241 Å². The highest BCUT2D eigenvalue weighted by molar-refractivity contribution is 7.91. The quantitative estimate of drug-likeness (QED) is 0.405. The first-order valence-corrected chi connectivity index (χ1v) is 15.5. The van der Waals surface area contributed by atoms with Gasteiger partial charge in [-0.3, -0.25) is 14.6 Å². The van der Waals surface area contributed by atoms with Crippen LogP contribution in [0.1, 0.15) is 53.0 Å². The van der Waals surface area contributed by atoms with Gasteiger partial charge in [-0.25, -0.2) is 17.6 Å². The van der Waals surface area contributed by atoms with E-state index in [2.05, 4.69) is 17.2 Å². The molecule has 1 unspecified atom stereocenters. The normalized spacial score (nSPS) is 21.1. The summed E-state index contributed by atoms with van der Waals surface area (Å²) in [5.74, 6) is -0.978. The minimum atomic E-state index is -3.41. The molecule has 2 aliphatic heterocycles. The van der Waals surface area contributed by atoms with Gasteiger partial charge in [0.2, 0.25) is 5.91 Å². The first-order chi connectivity index (χ1) is 19.2. The van der Waals surface area contributed by atoms with E-state index >= 15 is 4.39 Å². The zero-order chi connectivity index (χ0) is 30.2. The molecule has 2 amide bonds. The van der Waals surface area contributed by atoms with Crippen molar-refractivity contribution >= 4 is 38.9 Å². The van der Waals surface area contributed by atoms with Crippen molar-refractivity contribution in [2.45, 2.75) is 69.5 Å². The van der Waals surface area contributed by atoms with E-state index in [0.29, 0.717) is 24.3 Å². The molecule has 4 rings (SSSR count). The number of halogens is 1. The van der Waals surface area contributed by atoms with Crippen LogP contribution in [0.15, 0.2) is 53.9 Å². The van der Waals surface area contributed by atoms with Crippen LogP contribution in [0.25, 0.3) is 0 Å². The zero-order valence-electron chi connectivity index (χ0n) is 24.3. The minimum Gasteiger partial charge on any atom is -0.443 e. The Hall–Kier alpha value is -3.44. The number of ether oxygens (including phenoxy) is 1. The van der Waals surface area contributed by atoms with Gasteiger partial charge in [0.1, 0.15) is 17.0 Å². The van der Waals surface area contributed by atoms with E-state index in [1.165, 1.54) is 23.1 Å². The summed E-state index contributed by atoms with van der Waals surface area (Å²) in [4.78, 5) is 30.2. The lowest BCUT2D eigenvalue weighted by Gasteiger charge is -2.42. The summed E-state index contributed by atoms with van der Waals surface area (Å²) in [6.45, 7) is 13.7. The molecular formula is C30H39FN4O5S. The molecule has 222 valence electrons. The second-order valence-corrected chi connectivity index (χ2v) is 13.7. The Morgan fingerprint density at radius 3 is 2.59 bits per heavy atom. The van der Waals surface area contributed by atoms with Gasteiger partial charge >= 0.3 is 6.09 Å². The number of anilines is 3. The number of carbonyl (C=O) groups is 2. The molecule has 2 aromatic carbocycles. The van der Waals surface area contributed by atoms with Crippen LogP contribution in [0.2, 0.25) is 0 Å². The topological polar surface area (TPSA) is 108 Å². The number of amides is 2. The smallest absolute Gasteiger partial charge is 0.414 e. The molecule has 0 aromatic heterocycles. The number of carbonyl (C=O) groups excluding carboxylic acids is 2. The van der Waals surface area contributed by atoms with Gasteiger partial charge in [0.05, 0.1) is 22.0 Å². The van der Waals surface area contributed by atoms with Crippen molar-refractivity contribution in [2.75, 3.05) is 40.9 Å². The number of hydrogen-bond donors (Lipinski definition) is 2. The maximum absolute atomic E-state index is 15.1. The van der Waals surface area contributed by atoms with Crippen LogP contribution in [0.5, 0.6) is 0 Å². The summed E-state index contributed by atoms with van der Waals surface area (Å²) < 4.78 is 45.2. The number of likely N-dealkylation sites (tertiary alicyclic amines) is 1. The maximum Gasteiger partial charge on any atom is 0.414 e. The molecule has 2 aromatic rings. The number of nitrogens with zero attached hydrogens (tertiary/aromatic N) is 2. The van der Waals surface area contributed by atoms with E-state index in [1.54, 1.807) is 58.9 Å². The van der Waals surface area contributed by atoms with E-state index in [1.807, 2.05) is 4.90 Å². The van der Waals surface area contributed by atoms with Crippen molar-refractivity contribution in [1.29, 1.82) is 0 Å². The first-order valence-electron chi connectivity index (χ1n) is 13.8. The highest BCUT2D eigenvalue weighted by Crippen LogP contribution is 2.46. The minimum absolute atomic E-state index is 0.0324. The number of piperidine rings is 1. The largest absolute Gasteiger partial charge is 0.443 e. The van der Waals surface area contributed by atoms with Crippen LogP contribution in [-0.2, 0) is 24.9 Å². The van der Waals surface area contributed by atoms with Crippen LogP contribution in [0.3, 0.4) is 0 Å². The Morgan fingerprint density at radius 1 is 1.29 bits per heavy atom. The predicted molar refractivity (Wildman–Crippen MR) is 159 cm³/mol. The zero-order valence-corrected chi connectivity index (χ0v) is 25.1. The van der Waals surface area contributed by atoms with E-state index in [0.717, 1.165) is 18.5 Å². The Morgan fingerprint density at radius 2 is 1.98 bits per heavy atom. The second-order valence-electron chi connectivity index (χ2n) is 11.6. The number of fused-ring (bicyclic) bond motifs is 1. The molecule has 0 aliphatic carbocycles. The van der Waals surface area contributed by atoms with Gasteiger partial charge < -0.3 is 15.4 Å². The Balaban J connectivity index is 1.59. The van der Waals surface area contributed by atoms with Crippen molar-refractivity contribution < 1.29 is 27.1 Å². The van der Waals surface area contributed by atoms with Crippen LogP contribution < -0.4 is 15.5 Å². The van der Waals surface area contributed by atoms with E-state index < -0.39 is 32.9 Å². The average molecular weight is 587 g/mol. The van der Waals surface area contributed by atoms with Gasteiger partial charge in [-0.2, -0.15) is 0 Å². The van der Waals surface area contributed by atoms with Gasteiger partial charge in [0.25, 0.3) is 0 Å². The molecule has 1 saturated heterocycles. The van der Waals surface area contributed by atoms with Crippen LogP contribution >= 0.6 is 0 Å². The fourth-order valence-corrected chi connectivity index (χ4v) is 6.51. The van der Waals surface area contributed by atoms with Gasteiger partial charge in [-0.1, -0.05) is 6.08 Å². The number of nitrogens with one attached hydrogen (secondary N) is 2. The van der Waals surface area contributed by atoms with Gasteiger partial charge in [0.15, 0.2) is 9.84 Å². The maximum atomic E-state index is 15.1. The molecule has 2 aliphatic rings. The molecule has 0 saturated carbocycles. The highest BCUT2D eigenvalue weighted by Gasteiger charge is 2.50. The van der Waals surface area contributed by atoms with Crippen LogP contribution in [0, 0.1) is 5.82 Å². The van der Waals surface area contributed by atoms with Crippen molar-refractivity contribution in [3.05, 3.63) is 60.4 Å². The third kappa shape index (κ3) is 6.25. The summed E-state index contributed by atoms with van der Waals surface area (Å²) in [7, 11) is -3.41. The molecule has 11 heteroatoms. The van der Waals surface area contributed by atoms with Crippen molar-refractivity contribution in [2.24, 2.45) is 0 Å². The van der Waals surface area contributed by atoms with Gasteiger partial charge in [-0.15, -0.1) is 6.58 Å². The van der Waals surface area contributed by atoms with Gasteiger partial charge in [0, 0.05) is 30.4 Å². The molecule has 9 nitrogen and oxygen atoms in total. The fourth-order valence-electron chi connectivity index (χ4n) is 5.45. The first kappa shape index (κ1) is 30.5. The van der Waals surface area contributed by atoms with Crippen LogP contribution in [-0.4, -0.2) is 62.3 Å². The van der Waals surface area contributed by atoms with E-state index in [9.17, 15) is 18.0 Å². The fraction of sp³-hybridized carbons (Fsp3) is 0.467. The third-order valence-electron chi connectivity index (χ3n) is 7.48. The molecule has 2 heterocycles. The highest BCUT2D eigenvalue weighted by atomic mass is 32.2. The second kappa shape index (κ2) is 11.4. The number of hydrogen-bond acceptors (Lipinski definition) is 7. The molecule has 41 heavy (non-hydrogen) atoms. The molecule has 2 atom stereocenters. The Bertz CT molecular complexity index is 1440. The van der Waals surface area contributed by atoms with Gasteiger partial charge in [-0.05, 0) is 90.4 Å². The SMILES string of the molecule is C=CCS(=O)(=O)c1ccc(N[C@@H]2CCCN(C3(C)C(=O)Nc4c(N(CC)C(=O)OC(C)(C)C)cc(F)cc43)C2)cc1. The third-order valence-corrected chi connectivity index (χ3v) is 9.15. The summed E-state index contributed by atoms with van der Waals surface area (Å²) >= 11 is 0. The molecular weight excluding hydrogens is 547 g/mol. The average Bonchev–Trinajstić information content (AvgIpc) is 3.14. The monoisotopic (exact) mass is 586 g/mol. The lowest BCUT2D eigenvalue weighted by Crippen LogP contribution is -2.55.